The van der Waals surface area contributed by atoms with Crippen LogP contribution in [0.4, 0.5) is 5.69 Å². The first-order valence-corrected chi connectivity index (χ1v) is 9.54. The van der Waals surface area contributed by atoms with E-state index >= 15 is 0 Å². The molecule has 1 aromatic rings. The Bertz CT molecular complexity index is 744. The first-order chi connectivity index (χ1) is 11.7. The molecule has 1 aliphatic rings. The maximum Gasteiger partial charge on any atom is 0.270 e. The van der Waals surface area contributed by atoms with Crippen molar-refractivity contribution in [2.24, 2.45) is 5.73 Å². The lowest BCUT2D eigenvalue weighted by Crippen LogP contribution is -2.55. The van der Waals surface area contributed by atoms with Gasteiger partial charge in [0.25, 0.3) is 5.69 Å². The van der Waals surface area contributed by atoms with Gasteiger partial charge in [-0.1, -0.05) is 25.3 Å². The normalized spacial score (nSPS) is 17.0. The van der Waals surface area contributed by atoms with Crippen LogP contribution in [0.2, 0.25) is 0 Å². The molecule has 9 nitrogen and oxygen atoms in total. The molecule has 0 radical (unpaired) electrons. The molecule has 1 aromatic carbocycles. The molecule has 25 heavy (non-hydrogen) atoms. The van der Waals surface area contributed by atoms with Crippen LogP contribution in [0.25, 0.3) is 0 Å². The fourth-order valence-corrected chi connectivity index (χ4v) is 3.87. The van der Waals surface area contributed by atoms with Gasteiger partial charge in [0.1, 0.15) is 0 Å². The van der Waals surface area contributed by atoms with Crippen molar-refractivity contribution in [3.63, 3.8) is 0 Å². The third kappa shape index (κ3) is 4.97. The zero-order valence-electron chi connectivity index (χ0n) is 13.7. The second-order valence-corrected chi connectivity index (χ2v) is 7.89. The van der Waals surface area contributed by atoms with Crippen LogP contribution in [0.1, 0.15) is 32.1 Å². The number of carbonyl (C=O) groups is 1. The number of rotatable bonds is 7. The summed E-state index contributed by atoms with van der Waals surface area (Å²) in [4.78, 5) is 22.0. The number of nitrogens with two attached hydrogens (primary N) is 1. The van der Waals surface area contributed by atoms with Crippen molar-refractivity contribution in [2.75, 3.05) is 13.1 Å². The smallest absolute Gasteiger partial charge is 0.270 e. The molecule has 10 heteroatoms. The molecule has 0 atom stereocenters. The van der Waals surface area contributed by atoms with Gasteiger partial charge in [-0.3, -0.25) is 14.9 Å². The number of benzene rings is 1. The zero-order valence-corrected chi connectivity index (χ0v) is 14.5. The highest BCUT2D eigenvalue weighted by molar-refractivity contribution is 7.89. The lowest BCUT2D eigenvalue weighted by atomic mass is 9.82. The Morgan fingerprint density at radius 3 is 2.56 bits per heavy atom. The van der Waals surface area contributed by atoms with Gasteiger partial charge in [0.15, 0.2) is 0 Å². The van der Waals surface area contributed by atoms with Crippen LogP contribution >= 0.6 is 0 Å². The predicted molar refractivity (Wildman–Crippen MR) is 91.3 cm³/mol. The fourth-order valence-electron chi connectivity index (χ4n) is 2.79. The highest BCUT2D eigenvalue weighted by Gasteiger charge is 2.34. The molecule has 0 saturated heterocycles. The number of nitrogens with zero attached hydrogens (tertiary/aromatic N) is 1. The molecular weight excluding hydrogens is 348 g/mol. The molecule has 138 valence electrons. The van der Waals surface area contributed by atoms with Crippen LogP contribution in [0.3, 0.4) is 0 Å². The van der Waals surface area contributed by atoms with Gasteiger partial charge < -0.3 is 11.1 Å². The SMILES string of the molecule is NC1(C(=O)NCCNS(=O)(=O)c2cccc([N+](=O)[O-])c2)CCCCC1. The number of hydrogen-bond acceptors (Lipinski definition) is 6. The van der Waals surface area contributed by atoms with Crippen molar-refractivity contribution >= 4 is 21.6 Å². The van der Waals surface area contributed by atoms with Crippen molar-refractivity contribution in [1.82, 2.24) is 10.0 Å². The Morgan fingerprint density at radius 2 is 1.92 bits per heavy atom. The fraction of sp³-hybridized carbons (Fsp3) is 0.533. The van der Waals surface area contributed by atoms with Gasteiger partial charge in [-0.05, 0) is 18.9 Å². The maximum atomic E-state index is 12.1. The van der Waals surface area contributed by atoms with E-state index in [1.165, 1.54) is 18.2 Å². The van der Waals surface area contributed by atoms with Gasteiger partial charge in [0.2, 0.25) is 15.9 Å². The second kappa shape index (κ2) is 7.89. The summed E-state index contributed by atoms with van der Waals surface area (Å²) in [5, 5.41) is 13.4. The van der Waals surface area contributed by atoms with Gasteiger partial charge in [0, 0.05) is 25.2 Å². The minimum atomic E-state index is -3.89. The second-order valence-electron chi connectivity index (χ2n) is 6.12. The predicted octanol–water partition coefficient (Wildman–Crippen LogP) is 0.651. The summed E-state index contributed by atoms with van der Waals surface area (Å²) in [6, 6.07) is 4.77. The Hall–Kier alpha value is -2.04. The number of nitro benzene ring substituents is 1. The Kier molecular flexibility index (Phi) is 6.09. The molecule has 1 saturated carbocycles. The van der Waals surface area contributed by atoms with E-state index in [0.29, 0.717) is 12.8 Å². The lowest BCUT2D eigenvalue weighted by Gasteiger charge is -2.31. The van der Waals surface area contributed by atoms with Gasteiger partial charge in [0.05, 0.1) is 15.4 Å². The van der Waals surface area contributed by atoms with Crippen molar-refractivity contribution in [3.8, 4) is 0 Å². The molecule has 0 aliphatic heterocycles. The number of non-ortho nitro benzene ring substituents is 1. The minimum absolute atomic E-state index is 0.0349. The highest BCUT2D eigenvalue weighted by atomic mass is 32.2. The van der Waals surface area contributed by atoms with E-state index in [9.17, 15) is 23.3 Å². The number of hydrogen-bond donors (Lipinski definition) is 3. The van der Waals surface area contributed by atoms with Crippen LogP contribution in [-0.2, 0) is 14.8 Å². The summed E-state index contributed by atoms with van der Waals surface area (Å²) < 4.78 is 26.6. The first-order valence-electron chi connectivity index (χ1n) is 8.06. The van der Waals surface area contributed by atoms with Gasteiger partial charge in [-0.15, -0.1) is 0 Å². The van der Waals surface area contributed by atoms with Crippen LogP contribution in [0.5, 0.6) is 0 Å². The molecular formula is C15H22N4O5S. The molecule has 0 heterocycles. The van der Waals surface area contributed by atoms with Gasteiger partial charge in [-0.25, -0.2) is 13.1 Å². The summed E-state index contributed by atoms with van der Waals surface area (Å²) in [5.74, 6) is -0.276. The molecule has 1 fully saturated rings. The standard InChI is InChI=1S/C15H22N4O5S/c16-15(7-2-1-3-8-15)14(20)17-9-10-18-25(23,24)13-6-4-5-12(11-13)19(21)22/h4-6,11,18H,1-3,7-10,16H2,(H,17,20). The third-order valence-electron chi connectivity index (χ3n) is 4.24. The van der Waals surface area contributed by atoms with Crippen molar-refractivity contribution in [3.05, 3.63) is 34.4 Å². The van der Waals surface area contributed by atoms with Crippen molar-refractivity contribution < 1.29 is 18.1 Å². The lowest BCUT2D eigenvalue weighted by molar-refractivity contribution is -0.385. The summed E-state index contributed by atoms with van der Waals surface area (Å²) in [7, 11) is -3.89. The van der Waals surface area contributed by atoms with E-state index in [-0.39, 0.29) is 29.6 Å². The van der Waals surface area contributed by atoms with E-state index in [0.717, 1.165) is 25.3 Å². The first kappa shape index (κ1) is 19.3. The van der Waals surface area contributed by atoms with Crippen LogP contribution in [0.15, 0.2) is 29.2 Å². The number of nitrogens with one attached hydrogen (secondary N) is 2. The number of amides is 1. The molecule has 0 aromatic heterocycles. The molecule has 1 aliphatic carbocycles. The van der Waals surface area contributed by atoms with Gasteiger partial charge in [-0.2, -0.15) is 0 Å². The highest BCUT2D eigenvalue weighted by Crippen LogP contribution is 2.25. The average Bonchev–Trinajstić information content (AvgIpc) is 2.59. The van der Waals surface area contributed by atoms with E-state index in [2.05, 4.69) is 10.0 Å². The molecule has 0 unspecified atom stereocenters. The Balaban J connectivity index is 1.87. The third-order valence-corrected chi connectivity index (χ3v) is 5.70. The summed E-state index contributed by atoms with van der Waals surface area (Å²) in [5.41, 5.74) is 4.91. The average molecular weight is 370 g/mol. The van der Waals surface area contributed by atoms with Crippen LogP contribution in [0, 0.1) is 10.1 Å². The quantitative estimate of drug-likeness (QED) is 0.365. The molecule has 0 spiro atoms. The molecule has 1 amide bonds. The van der Waals surface area contributed by atoms with Crippen LogP contribution < -0.4 is 15.8 Å². The largest absolute Gasteiger partial charge is 0.353 e. The van der Waals surface area contributed by atoms with Crippen LogP contribution in [-0.4, -0.2) is 37.9 Å². The molecule has 2 rings (SSSR count). The Labute approximate surface area is 146 Å². The monoisotopic (exact) mass is 370 g/mol. The van der Waals surface area contributed by atoms with E-state index in [1.807, 2.05) is 0 Å². The number of carbonyl (C=O) groups excluding carboxylic acids is 1. The minimum Gasteiger partial charge on any atom is -0.353 e. The van der Waals surface area contributed by atoms with E-state index in [1.54, 1.807) is 0 Å². The number of sulfonamides is 1. The number of nitro groups is 1. The summed E-state index contributed by atoms with van der Waals surface area (Å²) in [6.07, 6.45) is 4.12. The van der Waals surface area contributed by atoms with Crippen molar-refractivity contribution in [2.45, 2.75) is 42.5 Å². The zero-order chi connectivity index (χ0) is 18.5. The molecule has 0 bridgehead atoms. The summed E-state index contributed by atoms with van der Waals surface area (Å²) >= 11 is 0. The summed E-state index contributed by atoms with van der Waals surface area (Å²) in [6.45, 7) is 0.0544. The van der Waals surface area contributed by atoms with E-state index < -0.39 is 20.5 Å². The maximum absolute atomic E-state index is 12.1. The van der Waals surface area contributed by atoms with E-state index in [4.69, 9.17) is 5.73 Å². The topological polar surface area (TPSA) is 144 Å². The molecule has 4 N–H and O–H groups in total. The van der Waals surface area contributed by atoms with Crippen molar-refractivity contribution in [1.29, 1.82) is 0 Å². The Morgan fingerprint density at radius 1 is 1.24 bits per heavy atom. The van der Waals surface area contributed by atoms with Gasteiger partial charge >= 0.3 is 0 Å².